The fourth-order valence-corrected chi connectivity index (χ4v) is 3.68. The monoisotopic (exact) mass is 393 g/mol. The van der Waals surface area contributed by atoms with E-state index in [9.17, 15) is 4.79 Å². The van der Waals surface area contributed by atoms with Crippen LogP contribution in [0, 0.1) is 20.4 Å². The van der Waals surface area contributed by atoms with Gasteiger partial charge in [0.25, 0.3) is 11.2 Å². The number of aromatic nitrogens is 2. The van der Waals surface area contributed by atoms with Gasteiger partial charge in [-0.2, -0.15) is 0 Å². The van der Waals surface area contributed by atoms with Gasteiger partial charge in [0.15, 0.2) is 0 Å². The van der Waals surface area contributed by atoms with E-state index in [1.54, 1.807) is 16.3 Å². The van der Waals surface area contributed by atoms with Gasteiger partial charge in [-0.3, -0.25) is 9.36 Å². The Morgan fingerprint density at radius 2 is 1.70 bits per heavy atom. The molecule has 1 heterocycles. The standard InChI is InChI=1S/C21H19N3OS2/c1-13-6-9-16(12-14(13)2)24-19(15-7-10-17(26-4)11-8-15)23-20(27-5)18(22-3)21(24)25/h6-12H,1-2,4-5H3. The van der Waals surface area contributed by atoms with Crippen molar-refractivity contribution in [1.82, 2.24) is 9.55 Å². The van der Waals surface area contributed by atoms with Gasteiger partial charge in [0.1, 0.15) is 10.9 Å². The highest BCUT2D eigenvalue weighted by Crippen LogP contribution is 2.29. The Hall–Kier alpha value is -2.49. The van der Waals surface area contributed by atoms with E-state index in [1.165, 1.54) is 11.8 Å². The summed E-state index contributed by atoms with van der Waals surface area (Å²) < 4.78 is 1.55. The van der Waals surface area contributed by atoms with Crippen molar-refractivity contribution in [3.8, 4) is 17.1 Å². The minimum atomic E-state index is -0.337. The van der Waals surface area contributed by atoms with E-state index in [0.717, 1.165) is 27.3 Å². The van der Waals surface area contributed by atoms with Gasteiger partial charge in [0.05, 0.1) is 6.57 Å². The lowest BCUT2D eigenvalue weighted by Crippen LogP contribution is -2.22. The zero-order chi connectivity index (χ0) is 19.6. The SMILES string of the molecule is [C-]#[N+]c1c(SC)nc(-c2ccc(SC)cc2)n(-c2ccc(C)c(C)c2)c1=O. The first-order chi connectivity index (χ1) is 13.0. The third-order valence-electron chi connectivity index (χ3n) is 4.43. The second-order valence-electron chi connectivity index (χ2n) is 6.04. The summed E-state index contributed by atoms with van der Waals surface area (Å²) in [6.07, 6.45) is 3.85. The molecule has 0 fully saturated rings. The minimum Gasteiger partial charge on any atom is -0.282 e. The van der Waals surface area contributed by atoms with Crippen molar-refractivity contribution in [2.45, 2.75) is 23.8 Å². The smallest absolute Gasteiger partial charge is 0.282 e. The fourth-order valence-electron chi connectivity index (χ4n) is 2.77. The summed E-state index contributed by atoms with van der Waals surface area (Å²) in [5.41, 5.74) is 3.52. The Kier molecular flexibility index (Phi) is 5.73. The summed E-state index contributed by atoms with van der Waals surface area (Å²) >= 11 is 2.98. The first-order valence-corrected chi connectivity index (χ1v) is 10.8. The van der Waals surface area contributed by atoms with Crippen LogP contribution in [-0.2, 0) is 0 Å². The van der Waals surface area contributed by atoms with Gasteiger partial charge in [-0.25, -0.2) is 9.83 Å². The lowest BCUT2D eigenvalue weighted by molar-refractivity contribution is 0.913. The number of hydrogen-bond acceptors (Lipinski definition) is 4. The largest absolute Gasteiger partial charge is 0.282 e. The molecule has 3 rings (SSSR count). The summed E-state index contributed by atoms with van der Waals surface area (Å²) in [6.45, 7) is 11.5. The summed E-state index contributed by atoms with van der Waals surface area (Å²) in [7, 11) is 0. The Morgan fingerprint density at radius 1 is 1.00 bits per heavy atom. The molecule has 0 spiro atoms. The number of rotatable bonds is 4. The number of aryl methyl sites for hydroxylation is 2. The van der Waals surface area contributed by atoms with Crippen LogP contribution in [0.5, 0.6) is 0 Å². The van der Waals surface area contributed by atoms with E-state index in [1.807, 2.05) is 68.8 Å². The Balaban J connectivity index is 2.36. The molecule has 0 saturated heterocycles. The molecule has 0 saturated carbocycles. The summed E-state index contributed by atoms with van der Waals surface area (Å²) in [4.78, 5) is 22.5. The van der Waals surface area contributed by atoms with Crippen molar-refractivity contribution in [2.75, 3.05) is 12.5 Å². The molecule has 0 aliphatic carbocycles. The van der Waals surface area contributed by atoms with E-state index < -0.39 is 0 Å². The molecular formula is C21H19N3OS2. The van der Waals surface area contributed by atoms with Crippen molar-refractivity contribution < 1.29 is 0 Å². The van der Waals surface area contributed by atoms with E-state index in [-0.39, 0.29) is 11.2 Å². The van der Waals surface area contributed by atoms with Crippen molar-refractivity contribution in [1.29, 1.82) is 0 Å². The highest BCUT2D eigenvalue weighted by Gasteiger charge is 2.19. The first kappa shape index (κ1) is 19.3. The zero-order valence-corrected chi connectivity index (χ0v) is 17.2. The van der Waals surface area contributed by atoms with Crippen LogP contribution in [0.15, 0.2) is 57.2 Å². The average molecular weight is 394 g/mol. The van der Waals surface area contributed by atoms with E-state index in [2.05, 4.69) is 9.83 Å². The molecule has 0 radical (unpaired) electrons. The number of benzene rings is 2. The average Bonchev–Trinajstić information content (AvgIpc) is 2.69. The molecule has 0 amide bonds. The van der Waals surface area contributed by atoms with Crippen molar-refractivity contribution in [3.05, 3.63) is 75.4 Å². The molecule has 2 aromatic carbocycles. The second-order valence-corrected chi connectivity index (χ2v) is 7.72. The predicted molar refractivity (Wildman–Crippen MR) is 115 cm³/mol. The van der Waals surface area contributed by atoms with Crippen molar-refractivity contribution in [2.24, 2.45) is 0 Å². The number of hydrogen-bond donors (Lipinski definition) is 0. The molecule has 27 heavy (non-hydrogen) atoms. The maximum absolute atomic E-state index is 13.2. The van der Waals surface area contributed by atoms with E-state index >= 15 is 0 Å². The molecule has 136 valence electrons. The Bertz CT molecular complexity index is 1100. The zero-order valence-electron chi connectivity index (χ0n) is 15.6. The quantitative estimate of drug-likeness (QED) is 0.333. The lowest BCUT2D eigenvalue weighted by Gasteiger charge is -2.16. The first-order valence-electron chi connectivity index (χ1n) is 8.30. The molecule has 0 aliphatic heterocycles. The van der Waals surface area contributed by atoms with Crippen LogP contribution < -0.4 is 5.56 Å². The number of nitrogens with zero attached hydrogens (tertiary/aromatic N) is 3. The molecule has 0 aliphatic rings. The van der Waals surface area contributed by atoms with Crippen LogP contribution in [-0.4, -0.2) is 22.1 Å². The molecule has 6 heteroatoms. The van der Waals surface area contributed by atoms with Crippen LogP contribution in [0.3, 0.4) is 0 Å². The highest BCUT2D eigenvalue weighted by atomic mass is 32.2. The summed E-state index contributed by atoms with van der Waals surface area (Å²) in [6, 6.07) is 13.8. The molecule has 3 aromatic rings. The van der Waals surface area contributed by atoms with Gasteiger partial charge >= 0.3 is 0 Å². The molecular weight excluding hydrogens is 374 g/mol. The van der Waals surface area contributed by atoms with Gasteiger partial charge in [0, 0.05) is 16.1 Å². The Labute approximate surface area is 167 Å². The maximum Gasteiger partial charge on any atom is 0.282 e. The summed E-state index contributed by atoms with van der Waals surface area (Å²) in [5, 5.41) is 0.457. The predicted octanol–water partition coefficient (Wildman–Crippen LogP) is 5.51. The maximum atomic E-state index is 13.2. The van der Waals surface area contributed by atoms with Crippen molar-refractivity contribution in [3.63, 3.8) is 0 Å². The Morgan fingerprint density at radius 3 is 2.26 bits per heavy atom. The van der Waals surface area contributed by atoms with Crippen molar-refractivity contribution >= 4 is 29.2 Å². The van der Waals surface area contributed by atoms with Crippen LogP contribution in [0.25, 0.3) is 21.9 Å². The second kappa shape index (κ2) is 8.03. The molecule has 1 aromatic heterocycles. The minimum absolute atomic E-state index is 0.0604. The molecule has 0 atom stereocenters. The normalized spacial score (nSPS) is 10.6. The van der Waals surface area contributed by atoms with Crippen LogP contribution >= 0.6 is 23.5 Å². The van der Waals surface area contributed by atoms with Gasteiger partial charge < -0.3 is 0 Å². The summed E-state index contributed by atoms with van der Waals surface area (Å²) in [5.74, 6) is 0.549. The molecule has 4 nitrogen and oxygen atoms in total. The van der Waals surface area contributed by atoms with E-state index in [4.69, 9.17) is 6.57 Å². The van der Waals surface area contributed by atoms with Gasteiger partial charge in [-0.05, 0) is 61.8 Å². The van der Waals surface area contributed by atoms with Gasteiger partial charge in [-0.1, -0.05) is 18.2 Å². The third-order valence-corrected chi connectivity index (χ3v) is 5.84. The van der Waals surface area contributed by atoms with Crippen LogP contribution in [0.4, 0.5) is 5.69 Å². The number of thioether (sulfide) groups is 2. The molecule has 0 N–H and O–H groups in total. The van der Waals surface area contributed by atoms with Gasteiger partial charge in [-0.15, -0.1) is 23.5 Å². The van der Waals surface area contributed by atoms with Crippen LogP contribution in [0.2, 0.25) is 0 Å². The third kappa shape index (κ3) is 3.66. The van der Waals surface area contributed by atoms with Crippen LogP contribution in [0.1, 0.15) is 11.1 Å². The fraction of sp³-hybridized carbons (Fsp3) is 0.190. The molecule has 0 bridgehead atoms. The van der Waals surface area contributed by atoms with E-state index in [0.29, 0.717) is 10.9 Å². The van der Waals surface area contributed by atoms with Gasteiger partial charge in [0.2, 0.25) is 0 Å². The topological polar surface area (TPSA) is 39.2 Å². The lowest BCUT2D eigenvalue weighted by atomic mass is 10.1. The molecule has 0 unspecified atom stereocenters. The highest BCUT2D eigenvalue weighted by molar-refractivity contribution is 7.98.